The number of alkyl halides is 2. The van der Waals surface area contributed by atoms with Crippen LogP contribution in [-0.4, -0.2) is 24.6 Å². The molecule has 0 aromatic heterocycles. The fraction of sp³-hybridized carbons (Fsp3) is 0.333. The first-order chi connectivity index (χ1) is 8.88. The normalized spacial score (nSPS) is 20.1. The Hall–Kier alpha value is -1.89. The lowest BCUT2D eigenvalue weighted by molar-refractivity contribution is -0.131. The monoisotopic (exact) mass is 307 g/mol. The van der Waals surface area contributed by atoms with E-state index in [1.807, 2.05) is 0 Å². The van der Waals surface area contributed by atoms with Crippen LogP contribution in [0.15, 0.2) is 24.3 Å². The molecule has 0 bridgehead atoms. The number of hydrogen-bond donors (Lipinski definition) is 1. The predicted octanol–water partition coefficient (Wildman–Crippen LogP) is 2.45. The molecule has 0 spiro atoms. The largest absolute Gasteiger partial charge is 0.443 e. The maximum absolute atomic E-state index is 13.6. The van der Waals surface area contributed by atoms with E-state index in [2.05, 4.69) is 10.1 Å². The molecule has 1 aliphatic heterocycles. The van der Waals surface area contributed by atoms with Gasteiger partial charge in [-0.3, -0.25) is 4.79 Å². The molecule has 8 heteroatoms. The molecule has 1 aromatic rings. The molecule has 1 fully saturated rings. The van der Waals surface area contributed by atoms with Crippen LogP contribution in [0.4, 0.5) is 13.6 Å². The summed E-state index contributed by atoms with van der Waals surface area (Å²) in [5, 5.41) is 2.06. The number of cyclic esters (lactones) is 1. The molecule has 1 amide bonds. The number of benzene rings is 1. The second-order valence-corrected chi connectivity index (χ2v) is 4.08. The number of rotatable bonds is 2. The van der Waals surface area contributed by atoms with E-state index in [-0.39, 0.29) is 23.7 Å². The van der Waals surface area contributed by atoms with Crippen molar-refractivity contribution < 1.29 is 27.8 Å². The molecule has 1 N–H and O–H groups in total. The molecule has 1 aliphatic rings. The summed E-state index contributed by atoms with van der Waals surface area (Å²) in [6.45, 7) is 0.274. The summed E-state index contributed by atoms with van der Waals surface area (Å²) in [5.74, 6) is -3.45. The maximum atomic E-state index is 13.6. The molecule has 110 valence electrons. The Bertz CT molecular complexity index is 507. The smallest absolute Gasteiger partial charge is 0.408 e. The van der Waals surface area contributed by atoms with Gasteiger partial charge in [-0.1, -0.05) is 12.1 Å². The van der Waals surface area contributed by atoms with Crippen LogP contribution in [0.2, 0.25) is 0 Å². The molecule has 0 saturated carbocycles. The van der Waals surface area contributed by atoms with Crippen LogP contribution in [0, 0.1) is 0 Å². The van der Waals surface area contributed by atoms with Crippen LogP contribution in [0.25, 0.3) is 0 Å². The van der Waals surface area contributed by atoms with Crippen molar-refractivity contribution in [2.75, 3.05) is 6.61 Å². The van der Waals surface area contributed by atoms with Crippen molar-refractivity contribution in [3.63, 3.8) is 0 Å². The number of carbonyl (C=O) groups is 2. The summed E-state index contributed by atoms with van der Waals surface area (Å²) in [4.78, 5) is 21.7. The highest BCUT2D eigenvalue weighted by Gasteiger charge is 2.46. The third-order valence-electron chi connectivity index (χ3n) is 2.56. The van der Waals surface area contributed by atoms with Crippen LogP contribution in [0.3, 0.4) is 0 Å². The predicted molar refractivity (Wildman–Crippen MR) is 67.2 cm³/mol. The number of ether oxygens (including phenoxy) is 2. The van der Waals surface area contributed by atoms with Gasteiger partial charge in [-0.15, -0.1) is 12.4 Å². The minimum atomic E-state index is -3.20. The van der Waals surface area contributed by atoms with Crippen molar-refractivity contribution in [3.8, 4) is 5.75 Å². The number of amides is 1. The second kappa shape index (κ2) is 6.04. The van der Waals surface area contributed by atoms with Crippen LogP contribution in [0.5, 0.6) is 5.75 Å². The average Bonchev–Trinajstić information content (AvgIpc) is 2.33. The van der Waals surface area contributed by atoms with Gasteiger partial charge in [0.2, 0.25) is 0 Å². The summed E-state index contributed by atoms with van der Waals surface area (Å²) in [6.07, 6.45) is -0.889. The Labute approximate surface area is 119 Å². The average molecular weight is 308 g/mol. The first-order valence-electron chi connectivity index (χ1n) is 5.48. The Balaban J connectivity index is 0.00000200. The van der Waals surface area contributed by atoms with Crippen molar-refractivity contribution in [2.24, 2.45) is 0 Å². The van der Waals surface area contributed by atoms with Gasteiger partial charge in [0.15, 0.2) is 6.61 Å². The maximum Gasteiger partial charge on any atom is 0.408 e. The van der Waals surface area contributed by atoms with Crippen molar-refractivity contribution in [3.05, 3.63) is 29.8 Å². The lowest BCUT2D eigenvalue weighted by Crippen LogP contribution is -2.49. The molecule has 1 atom stereocenters. The molecule has 0 radical (unpaired) electrons. The van der Waals surface area contributed by atoms with Gasteiger partial charge >= 0.3 is 18.0 Å². The Morgan fingerprint density at radius 2 is 2.00 bits per heavy atom. The zero-order valence-corrected chi connectivity index (χ0v) is 11.2. The fourth-order valence-electron chi connectivity index (χ4n) is 1.73. The van der Waals surface area contributed by atoms with Crippen molar-refractivity contribution >= 4 is 24.5 Å². The lowest BCUT2D eigenvalue weighted by atomic mass is 10.00. The number of alkyl carbamates (subject to hydrolysis) is 1. The minimum Gasteiger partial charge on any atom is -0.443 e. The van der Waals surface area contributed by atoms with Crippen LogP contribution < -0.4 is 10.1 Å². The minimum absolute atomic E-state index is 0. The molecule has 0 aliphatic carbocycles. The molecular weight excluding hydrogens is 296 g/mol. The quantitative estimate of drug-likeness (QED) is 0.673. The first kappa shape index (κ1) is 16.2. The van der Waals surface area contributed by atoms with Gasteiger partial charge in [0.1, 0.15) is 11.8 Å². The standard InChI is InChI=1S/C12H11F2NO4.ClH/c1-7(16)19-9-4-2-8(3-5-9)10-12(13,14)6-18-11(17)15-10;/h2-5,10H,6H2,1H3,(H,15,17);1H/t10-;/m1./s1. The van der Waals surface area contributed by atoms with Crippen LogP contribution in [-0.2, 0) is 9.53 Å². The van der Waals surface area contributed by atoms with E-state index < -0.39 is 30.6 Å². The van der Waals surface area contributed by atoms with Gasteiger partial charge in [-0.05, 0) is 17.7 Å². The zero-order valence-electron chi connectivity index (χ0n) is 10.4. The molecule has 20 heavy (non-hydrogen) atoms. The summed E-state index contributed by atoms with van der Waals surface area (Å²) >= 11 is 0. The van der Waals surface area contributed by atoms with Crippen LogP contribution >= 0.6 is 12.4 Å². The Morgan fingerprint density at radius 1 is 1.40 bits per heavy atom. The number of halogens is 3. The summed E-state index contributed by atoms with van der Waals surface area (Å²) in [5.41, 5.74) is 0.206. The number of carbonyl (C=O) groups excluding carboxylic acids is 2. The third kappa shape index (κ3) is 3.57. The van der Waals surface area contributed by atoms with Crippen LogP contribution in [0.1, 0.15) is 18.5 Å². The second-order valence-electron chi connectivity index (χ2n) is 4.08. The fourth-order valence-corrected chi connectivity index (χ4v) is 1.73. The van der Waals surface area contributed by atoms with Crippen molar-refractivity contribution in [2.45, 2.75) is 18.9 Å². The Kier molecular flexibility index (Phi) is 4.88. The SMILES string of the molecule is CC(=O)Oc1ccc([C@H]2NC(=O)OCC2(F)F)cc1.Cl. The number of nitrogens with one attached hydrogen (secondary N) is 1. The zero-order chi connectivity index (χ0) is 14.0. The molecular formula is C12H12ClF2NO4. The first-order valence-corrected chi connectivity index (χ1v) is 5.48. The van der Waals surface area contributed by atoms with E-state index in [1.54, 1.807) is 0 Å². The lowest BCUT2D eigenvalue weighted by Gasteiger charge is -2.31. The van der Waals surface area contributed by atoms with Gasteiger partial charge < -0.3 is 14.8 Å². The van der Waals surface area contributed by atoms with E-state index in [9.17, 15) is 18.4 Å². The highest BCUT2D eigenvalue weighted by Crippen LogP contribution is 2.34. The number of hydrogen-bond acceptors (Lipinski definition) is 4. The highest BCUT2D eigenvalue weighted by atomic mass is 35.5. The van der Waals surface area contributed by atoms with Gasteiger partial charge in [0.25, 0.3) is 0 Å². The van der Waals surface area contributed by atoms with Crippen molar-refractivity contribution in [1.82, 2.24) is 5.32 Å². The van der Waals surface area contributed by atoms with E-state index in [0.717, 1.165) is 0 Å². The molecule has 1 heterocycles. The molecule has 0 unspecified atom stereocenters. The number of esters is 1. The topological polar surface area (TPSA) is 64.6 Å². The van der Waals surface area contributed by atoms with Gasteiger partial charge in [0, 0.05) is 6.92 Å². The van der Waals surface area contributed by atoms with E-state index in [4.69, 9.17) is 4.74 Å². The van der Waals surface area contributed by atoms with Gasteiger partial charge in [0.05, 0.1) is 0 Å². The van der Waals surface area contributed by atoms with E-state index in [0.29, 0.717) is 0 Å². The molecule has 2 rings (SSSR count). The highest BCUT2D eigenvalue weighted by molar-refractivity contribution is 5.85. The van der Waals surface area contributed by atoms with E-state index >= 15 is 0 Å². The van der Waals surface area contributed by atoms with Gasteiger partial charge in [-0.2, -0.15) is 0 Å². The Morgan fingerprint density at radius 3 is 2.55 bits per heavy atom. The molecule has 5 nitrogen and oxygen atoms in total. The third-order valence-corrected chi connectivity index (χ3v) is 2.56. The van der Waals surface area contributed by atoms with Crippen molar-refractivity contribution in [1.29, 1.82) is 0 Å². The molecule has 1 aromatic carbocycles. The van der Waals surface area contributed by atoms with E-state index in [1.165, 1.54) is 31.2 Å². The van der Waals surface area contributed by atoms with Gasteiger partial charge in [-0.25, -0.2) is 13.6 Å². The molecule has 1 saturated heterocycles. The summed E-state index contributed by atoms with van der Waals surface area (Å²) < 4.78 is 36.3. The summed E-state index contributed by atoms with van der Waals surface area (Å²) in [7, 11) is 0. The summed E-state index contributed by atoms with van der Waals surface area (Å²) in [6, 6.07) is 4.04.